The van der Waals surface area contributed by atoms with E-state index in [-0.39, 0.29) is 6.54 Å². The van der Waals surface area contributed by atoms with Crippen LogP contribution < -0.4 is 5.32 Å². The maximum atomic E-state index is 9.48. The molecule has 5 N–H and O–H groups in total. The summed E-state index contributed by atoms with van der Waals surface area (Å²) >= 11 is 0. The van der Waals surface area contributed by atoms with Gasteiger partial charge in [-0.25, -0.2) is 0 Å². The number of hydrogen-bond acceptors (Lipinski definition) is 5. The second-order valence-corrected chi connectivity index (χ2v) is 3.46. The first-order chi connectivity index (χ1) is 6.07. The van der Waals surface area contributed by atoms with E-state index < -0.39 is 30.5 Å². The summed E-state index contributed by atoms with van der Waals surface area (Å²) in [6.07, 6.45) is -3.45. The van der Waals surface area contributed by atoms with E-state index in [9.17, 15) is 15.3 Å². The Morgan fingerprint density at radius 3 is 2.46 bits per heavy atom. The third kappa shape index (κ3) is 2.18. The van der Waals surface area contributed by atoms with Crippen LogP contribution >= 0.6 is 0 Å². The van der Waals surface area contributed by atoms with Crippen LogP contribution in [0.15, 0.2) is 0 Å². The fourth-order valence-corrected chi connectivity index (χ4v) is 1.56. The summed E-state index contributed by atoms with van der Waals surface area (Å²) < 4.78 is 0. The molecule has 1 aliphatic heterocycles. The van der Waals surface area contributed by atoms with Crippen molar-refractivity contribution in [3.63, 3.8) is 0 Å². The highest BCUT2D eigenvalue weighted by atomic mass is 16.4. The fraction of sp³-hybridized carbons (Fsp3) is 1.00. The van der Waals surface area contributed by atoms with Crippen LogP contribution in [0.25, 0.3) is 0 Å². The van der Waals surface area contributed by atoms with Gasteiger partial charge in [-0.1, -0.05) is 6.92 Å². The van der Waals surface area contributed by atoms with Crippen molar-refractivity contribution in [3.05, 3.63) is 0 Å². The summed E-state index contributed by atoms with van der Waals surface area (Å²) in [5.41, 5.74) is 0. The van der Waals surface area contributed by atoms with Crippen molar-refractivity contribution in [2.45, 2.75) is 43.8 Å². The van der Waals surface area contributed by atoms with Crippen LogP contribution in [0.2, 0.25) is 0 Å². The average Bonchev–Trinajstić information content (AvgIpc) is 2.13. The van der Waals surface area contributed by atoms with Gasteiger partial charge >= 0.3 is 0 Å². The smallest absolute Gasteiger partial charge is 0.109 e. The lowest BCUT2D eigenvalue weighted by Crippen LogP contribution is -2.63. The van der Waals surface area contributed by atoms with Crippen LogP contribution in [0.1, 0.15) is 13.3 Å². The lowest BCUT2D eigenvalue weighted by molar-refractivity contribution is -0.113. The molecule has 0 saturated carbocycles. The third-order valence-electron chi connectivity index (χ3n) is 2.51. The van der Waals surface area contributed by atoms with Gasteiger partial charge in [-0.2, -0.15) is 0 Å². The molecule has 0 aromatic rings. The van der Waals surface area contributed by atoms with Crippen LogP contribution in [0.3, 0.4) is 0 Å². The molecule has 5 heteroatoms. The molecule has 5 nitrogen and oxygen atoms in total. The van der Waals surface area contributed by atoms with E-state index in [0.717, 1.165) is 0 Å². The fourth-order valence-electron chi connectivity index (χ4n) is 1.56. The van der Waals surface area contributed by atoms with Gasteiger partial charge in [0.05, 0.1) is 18.2 Å². The molecular weight excluding hydrogens is 174 g/mol. The van der Waals surface area contributed by atoms with Gasteiger partial charge in [-0.3, -0.25) is 0 Å². The van der Waals surface area contributed by atoms with Gasteiger partial charge in [0.15, 0.2) is 0 Å². The second kappa shape index (κ2) is 4.34. The normalized spacial score (nSPS) is 43.2. The molecule has 78 valence electrons. The summed E-state index contributed by atoms with van der Waals surface area (Å²) in [7, 11) is 0. The molecule has 13 heavy (non-hydrogen) atoms. The van der Waals surface area contributed by atoms with Gasteiger partial charge < -0.3 is 25.7 Å². The molecule has 0 aliphatic carbocycles. The topological polar surface area (TPSA) is 93.0 Å². The number of aliphatic hydroxyl groups is 4. The Labute approximate surface area is 77.0 Å². The molecule has 0 amide bonds. The first-order valence-electron chi connectivity index (χ1n) is 4.53. The monoisotopic (exact) mass is 191 g/mol. The first-order valence-corrected chi connectivity index (χ1v) is 4.53. The quantitative estimate of drug-likeness (QED) is 0.342. The lowest BCUT2D eigenvalue weighted by atomic mass is 9.91. The maximum absolute atomic E-state index is 9.48. The Balaban J connectivity index is 2.58. The summed E-state index contributed by atoms with van der Waals surface area (Å²) in [5.74, 6) is 0. The van der Waals surface area contributed by atoms with E-state index in [0.29, 0.717) is 6.42 Å². The standard InChI is InChI=1S/C8H17NO4/c1-2-4(10)6-8(13)7(12)5(11)3-9-6/h4-13H,2-3H2,1H3/t4?,5?,6-,7?,8?/m1/s1. The SMILES string of the molecule is CCC(O)[C@H]1NCC(O)C(O)C1O. The van der Waals surface area contributed by atoms with Crippen LogP contribution in [0.5, 0.6) is 0 Å². The van der Waals surface area contributed by atoms with Crippen LogP contribution in [0, 0.1) is 0 Å². The van der Waals surface area contributed by atoms with Gasteiger partial charge in [0.25, 0.3) is 0 Å². The molecule has 0 aromatic carbocycles. The van der Waals surface area contributed by atoms with E-state index in [1.54, 1.807) is 6.92 Å². The zero-order valence-corrected chi connectivity index (χ0v) is 7.59. The van der Waals surface area contributed by atoms with Crippen LogP contribution in [-0.4, -0.2) is 57.4 Å². The molecular formula is C8H17NO4. The van der Waals surface area contributed by atoms with Gasteiger partial charge in [-0.15, -0.1) is 0 Å². The van der Waals surface area contributed by atoms with Crippen molar-refractivity contribution >= 4 is 0 Å². The van der Waals surface area contributed by atoms with E-state index >= 15 is 0 Å². The Hall–Kier alpha value is -0.200. The van der Waals surface area contributed by atoms with Crippen molar-refractivity contribution in [1.82, 2.24) is 5.32 Å². The molecule has 1 saturated heterocycles. The molecule has 0 radical (unpaired) electrons. The third-order valence-corrected chi connectivity index (χ3v) is 2.51. The van der Waals surface area contributed by atoms with Crippen LogP contribution in [-0.2, 0) is 0 Å². The number of aliphatic hydroxyl groups excluding tert-OH is 4. The molecule has 1 fully saturated rings. The summed E-state index contributed by atoms with van der Waals surface area (Å²) in [4.78, 5) is 0. The van der Waals surface area contributed by atoms with Crippen molar-refractivity contribution in [1.29, 1.82) is 0 Å². The molecule has 0 aromatic heterocycles. The molecule has 1 aliphatic rings. The molecule has 1 heterocycles. The number of hydrogen-bond donors (Lipinski definition) is 5. The molecule has 0 bridgehead atoms. The van der Waals surface area contributed by atoms with Crippen LogP contribution in [0.4, 0.5) is 0 Å². The largest absolute Gasteiger partial charge is 0.391 e. The molecule has 5 atom stereocenters. The molecule has 4 unspecified atom stereocenters. The highest BCUT2D eigenvalue weighted by Crippen LogP contribution is 2.14. The Morgan fingerprint density at radius 1 is 1.31 bits per heavy atom. The number of piperidine rings is 1. The zero-order valence-electron chi connectivity index (χ0n) is 7.59. The molecule has 1 rings (SSSR count). The highest BCUT2D eigenvalue weighted by molar-refractivity contribution is 4.95. The zero-order chi connectivity index (χ0) is 10.0. The van der Waals surface area contributed by atoms with E-state index in [1.165, 1.54) is 0 Å². The van der Waals surface area contributed by atoms with E-state index in [1.807, 2.05) is 0 Å². The summed E-state index contributed by atoms with van der Waals surface area (Å²) in [5, 5.41) is 40.2. The van der Waals surface area contributed by atoms with Gasteiger partial charge in [-0.05, 0) is 6.42 Å². The number of β-amino-alcohol motifs (C(OH)–C–C–N with tert-alkyl or cyclic N) is 1. The van der Waals surface area contributed by atoms with Crippen molar-refractivity contribution < 1.29 is 20.4 Å². The summed E-state index contributed by atoms with van der Waals surface area (Å²) in [6.45, 7) is 1.98. The minimum atomic E-state index is -1.17. The van der Waals surface area contributed by atoms with Crippen molar-refractivity contribution in [2.24, 2.45) is 0 Å². The van der Waals surface area contributed by atoms with E-state index in [2.05, 4.69) is 5.32 Å². The van der Waals surface area contributed by atoms with Gasteiger partial charge in [0.1, 0.15) is 12.2 Å². The number of nitrogens with one attached hydrogen (secondary N) is 1. The van der Waals surface area contributed by atoms with Crippen molar-refractivity contribution in [2.75, 3.05) is 6.54 Å². The molecule has 0 spiro atoms. The Bertz CT molecular complexity index is 166. The lowest BCUT2D eigenvalue weighted by Gasteiger charge is -2.38. The second-order valence-electron chi connectivity index (χ2n) is 3.46. The Kier molecular flexibility index (Phi) is 3.63. The predicted octanol–water partition coefficient (Wildman–Crippen LogP) is -2.19. The highest BCUT2D eigenvalue weighted by Gasteiger charge is 2.38. The number of rotatable bonds is 2. The summed E-state index contributed by atoms with van der Waals surface area (Å²) in [6, 6.07) is -0.552. The first kappa shape index (κ1) is 10.9. The maximum Gasteiger partial charge on any atom is 0.109 e. The van der Waals surface area contributed by atoms with Crippen molar-refractivity contribution in [3.8, 4) is 0 Å². The predicted molar refractivity (Wildman–Crippen MR) is 46.1 cm³/mol. The minimum absolute atomic E-state index is 0.194. The Morgan fingerprint density at radius 2 is 1.92 bits per heavy atom. The van der Waals surface area contributed by atoms with Gasteiger partial charge in [0.2, 0.25) is 0 Å². The van der Waals surface area contributed by atoms with E-state index in [4.69, 9.17) is 5.11 Å². The van der Waals surface area contributed by atoms with Gasteiger partial charge in [0, 0.05) is 6.54 Å². The average molecular weight is 191 g/mol. The minimum Gasteiger partial charge on any atom is -0.391 e.